The number of carbonyl (C=O) groups excluding carboxylic acids is 1. The number of aromatic nitrogens is 2. The smallest absolute Gasteiger partial charge is 0.185 e. The number of hydrogen-bond acceptors (Lipinski definition) is 3. The van der Waals surface area contributed by atoms with E-state index in [4.69, 9.17) is 4.42 Å². The molecule has 0 unspecified atom stereocenters. The molecule has 3 heterocycles. The molecule has 4 nitrogen and oxygen atoms in total. The summed E-state index contributed by atoms with van der Waals surface area (Å²) in [7, 11) is 0. The van der Waals surface area contributed by atoms with Crippen molar-refractivity contribution in [2.24, 2.45) is 0 Å². The first-order valence-electron chi connectivity index (χ1n) is 4.85. The van der Waals surface area contributed by atoms with Crippen LogP contribution in [0.15, 0.2) is 47.3 Å². The number of imidazole rings is 1. The van der Waals surface area contributed by atoms with Gasteiger partial charge >= 0.3 is 0 Å². The summed E-state index contributed by atoms with van der Waals surface area (Å²) in [6, 6.07) is 7.25. The summed E-state index contributed by atoms with van der Waals surface area (Å²) in [4.78, 5) is 14.7. The predicted molar refractivity (Wildman–Crippen MR) is 58.3 cm³/mol. The van der Waals surface area contributed by atoms with E-state index in [0.717, 1.165) is 11.2 Å². The van der Waals surface area contributed by atoms with Crippen LogP contribution in [0.3, 0.4) is 0 Å². The van der Waals surface area contributed by atoms with Crippen LogP contribution in [0.4, 0.5) is 0 Å². The maximum atomic E-state index is 10.5. The summed E-state index contributed by atoms with van der Waals surface area (Å²) < 4.78 is 7.24. The Labute approximate surface area is 91.1 Å². The van der Waals surface area contributed by atoms with Gasteiger partial charge in [-0.2, -0.15) is 0 Å². The Balaban J connectivity index is 2.13. The van der Waals surface area contributed by atoms with Crippen molar-refractivity contribution < 1.29 is 9.21 Å². The number of aldehydes is 1. The highest BCUT2D eigenvalue weighted by atomic mass is 16.3. The van der Waals surface area contributed by atoms with Crippen LogP contribution in [0.1, 0.15) is 10.6 Å². The quantitative estimate of drug-likeness (QED) is 0.613. The highest BCUT2D eigenvalue weighted by Crippen LogP contribution is 2.21. The van der Waals surface area contributed by atoms with Gasteiger partial charge in [0.2, 0.25) is 0 Å². The molecule has 3 aromatic heterocycles. The minimum Gasteiger partial charge on any atom is -0.453 e. The van der Waals surface area contributed by atoms with Crippen LogP contribution in [-0.2, 0) is 0 Å². The van der Waals surface area contributed by atoms with Gasteiger partial charge in [-0.3, -0.25) is 4.79 Å². The van der Waals surface area contributed by atoms with E-state index in [-0.39, 0.29) is 0 Å². The Morgan fingerprint density at radius 3 is 3.00 bits per heavy atom. The van der Waals surface area contributed by atoms with Gasteiger partial charge < -0.3 is 8.82 Å². The van der Waals surface area contributed by atoms with E-state index in [1.54, 1.807) is 18.3 Å². The molecule has 0 saturated heterocycles. The molecule has 3 aromatic rings. The molecule has 0 spiro atoms. The van der Waals surface area contributed by atoms with Gasteiger partial charge in [0.15, 0.2) is 12.0 Å². The average molecular weight is 212 g/mol. The largest absolute Gasteiger partial charge is 0.453 e. The minimum atomic E-state index is 0.334. The van der Waals surface area contributed by atoms with Crippen molar-refractivity contribution in [1.29, 1.82) is 0 Å². The van der Waals surface area contributed by atoms with Gasteiger partial charge in [0, 0.05) is 24.2 Å². The molecule has 0 aromatic carbocycles. The fourth-order valence-electron chi connectivity index (χ4n) is 1.64. The maximum Gasteiger partial charge on any atom is 0.185 e. The van der Waals surface area contributed by atoms with E-state index in [2.05, 4.69) is 4.98 Å². The van der Waals surface area contributed by atoms with Crippen molar-refractivity contribution in [3.63, 3.8) is 0 Å². The van der Waals surface area contributed by atoms with Crippen molar-refractivity contribution in [2.75, 3.05) is 0 Å². The summed E-state index contributed by atoms with van der Waals surface area (Å²) in [5, 5.41) is 0. The second kappa shape index (κ2) is 3.34. The van der Waals surface area contributed by atoms with Crippen LogP contribution in [0.2, 0.25) is 0 Å². The molecule has 0 N–H and O–H groups in total. The molecule has 0 aliphatic heterocycles. The summed E-state index contributed by atoms with van der Waals surface area (Å²) >= 11 is 0. The second-order valence-electron chi connectivity index (χ2n) is 3.43. The van der Waals surface area contributed by atoms with Gasteiger partial charge in [0.25, 0.3) is 0 Å². The molecule has 78 valence electrons. The molecule has 3 rings (SSSR count). The summed E-state index contributed by atoms with van der Waals surface area (Å²) in [5.74, 6) is 1.01. The van der Waals surface area contributed by atoms with Gasteiger partial charge in [0.05, 0.1) is 0 Å². The lowest BCUT2D eigenvalue weighted by molar-refractivity contribution is 0.110. The molecular formula is C12H8N2O2. The SMILES string of the molecule is O=Cc1ccc(-c2ccc3nccn3c2)o1. The zero-order valence-corrected chi connectivity index (χ0v) is 8.33. The summed E-state index contributed by atoms with van der Waals surface area (Å²) in [5.41, 5.74) is 1.80. The monoisotopic (exact) mass is 212 g/mol. The van der Waals surface area contributed by atoms with Crippen LogP contribution >= 0.6 is 0 Å². The molecule has 0 saturated carbocycles. The highest BCUT2D eigenvalue weighted by Gasteiger charge is 2.05. The van der Waals surface area contributed by atoms with E-state index in [1.807, 2.05) is 28.9 Å². The lowest BCUT2D eigenvalue weighted by atomic mass is 10.2. The Bertz CT molecular complexity index is 652. The molecule has 0 atom stereocenters. The fraction of sp³-hybridized carbons (Fsp3) is 0. The molecule has 0 fully saturated rings. The van der Waals surface area contributed by atoms with Gasteiger partial charge in [0.1, 0.15) is 11.4 Å². The number of carbonyl (C=O) groups is 1. The molecule has 0 aliphatic carbocycles. The summed E-state index contributed by atoms with van der Waals surface area (Å²) in [6.45, 7) is 0. The topological polar surface area (TPSA) is 47.5 Å². The Morgan fingerprint density at radius 1 is 1.25 bits per heavy atom. The molecule has 4 heteroatoms. The van der Waals surface area contributed by atoms with E-state index in [0.29, 0.717) is 17.8 Å². The number of nitrogens with zero attached hydrogens (tertiary/aromatic N) is 2. The first-order chi connectivity index (χ1) is 7.86. The number of fused-ring (bicyclic) bond motifs is 1. The van der Waals surface area contributed by atoms with Crippen LogP contribution in [0.5, 0.6) is 0 Å². The van der Waals surface area contributed by atoms with Crippen molar-refractivity contribution in [3.8, 4) is 11.3 Å². The van der Waals surface area contributed by atoms with E-state index >= 15 is 0 Å². The third-order valence-corrected chi connectivity index (χ3v) is 2.42. The molecular weight excluding hydrogens is 204 g/mol. The Hall–Kier alpha value is -2.36. The minimum absolute atomic E-state index is 0.334. The number of pyridine rings is 1. The predicted octanol–water partition coefficient (Wildman–Crippen LogP) is 2.41. The molecule has 16 heavy (non-hydrogen) atoms. The highest BCUT2D eigenvalue weighted by molar-refractivity contribution is 5.72. The van der Waals surface area contributed by atoms with Gasteiger partial charge in [-0.1, -0.05) is 0 Å². The third-order valence-electron chi connectivity index (χ3n) is 2.42. The molecule has 0 aliphatic rings. The van der Waals surface area contributed by atoms with Crippen LogP contribution in [0, 0.1) is 0 Å². The average Bonchev–Trinajstić information content (AvgIpc) is 2.96. The fourth-order valence-corrected chi connectivity index (χ4v) is 1.64. The maximum absolute atomic E-state index is 10.5. The van der Waals surface area contributed by atoms with Gasteiger partial charge in [-0.15, -0.1) is 0 Å². The van der Waals surface area contributed by atoms with E-state index in [9.17, 15) is 4.79 Å². The van der Waals surface area contributed by atoms with Crippen LogP contribution < -0.4 is 0 Å². The van der Waals surface area contributed by atoms with E-state index < -0.39 is 0 Å². The lowest BCUT2D eigenvalue weighted by Crippen LogP contribution is -1.84. The van der Waals surface area contributed by atoms with Crippen molar-refractivity contribution >= 4 is 11.9 Å². The van der Waals surface area contributed by atoms with Gasteiger partial charge in [-0.05, 0) is 24.3 Å². The Kier molecular flexibility index (Phi) is 1.86. The van der Waals surface area contributed by atoms with Crippen LogP contribution in [0.25, 0.3) is 17.0 Å². The van der Waals surface area contributed by atoms with E-state index in [1.165, 1.54) is 0 Å². The zero-order chi connectivity index (χ0) is 11.0. The van der Waals surface area contributed by atoms with Crippen molar-refractivity contribution in [3.05, 3.63) is 48.6 Å². The third kappa shape index (κ3) is 1.32. The zero-order valence-electron chi connectivity index (χ0n) is 8.33. The molecule has 0 amide bonds. The first kappa shape index (κ1) is 8.91. The standard InChI is InChI=1S/C12H8N2O2/c15-8-10-2-3-11(16-10)9-1-4-12-13-5-6-14(12)7-9/h1-8H. The first-order valence-corrected chi connectivity index (χ1v) is 4.85. The van der Waals surface area contributed by atoms with Crippen molar-refractivity contribution in [1.82, 2.24) is 9.38 Å². The number of hydrogen-bond donors (Lipinski definition) is 0. The lowest BCUT2D eigenvalue weighted by Gasteiger charge is -1.98. The molecule has 0 radical (unpaired) electrons. The number of furan rings is 1. The number of rotatable bonds is 2. The molecule has 0 bridgehead atoms. The Morgan fingerprint density at radius 2 is 2.19 bits per heavy atom. The van der Waals surface area contributed by atoms with Crippen molar-refractivity contribution in [2.45, 2.75) is 0 Å². The second-order valence-corrected chi connectivity index (χ2v) is 3.43. The summed E-state index contributed by atoms with van der Waals surface area (Å²) in [6.07, 6.45) is 6.20. The normalized spacial score (nSPS) is 10.8. The van der Waals surface area contributed by atoms with Gasteiger partial charge in [-0.25, -0.2) is 4.98 Å². The van der Waals surface area contributed by atoms with Crippen LogP contribution in [-0.4, -0.2) is 15.7 Å².